The summed E-state index contributed by atoms with van der Waals surface area (Å²) in [4.78, 5) is 37.5. The van der Waals surface area contributed by atoms with E-state index in [1.807, 2.05) is 6.07 Å². The van der Waals surface area contributed by atoms with Crippen LogP contribution in [0.15, 0.2) is 103 Å². The van der Waals surface area contributed by atoms with E-state index in [-0.39, 0.29) is 23.9 Å². The summed E-state index contributed by atoms with van der Waals surface area (Å²) in [5.41, 5.74) is 2.78. The molecule has 0 aliphatic rings. The average Bonchev–Trinajstić information content (AvgIpc) is 3.01. The predicted molar refractivity (Wildman–Crippen MR) is 159 cm³/mol. The number of carbonyl (C=O) groups is 3. The highest BCUT2D eigenvalue weighted by Crippen LogP contribution is 2.22. The fourth-order valence-corrected chi connectivity index (χ4v) is 4.45. The van der Waals surface area contributed by atoms with Gasteiger partial charge in [0.2, 0.25) is 5.91 Å². The molecule has 0 spiro atoms. The topological polar surface area (TPSA) is 105 Å². The number of carbonyl (C=O) groups excluding carboxylic acids is 2. The van der Waals surface area contributed by atoms with Crippen LogP contribution >= 0.6 is 0 Å². The molecule has 4 rings (SSSR count). The van der Waals surface area contributed by atoms with Crippen molar-refractivity contribution in [3.05, 3.63) is 131 Å². The highest BCUT2D eigenvalue weighted by molar-refractivity contribution is 6.12. The maximum absolute atomic E-state index is 13.4. The van der Waals surface area contributed by atoms with Crippen LogP contribution in [0.3, 0.4) is 0 Å². The zero-order valence-corrected chi connectivity index (χ0v) is 23.3. The van der Waals surface area contributed by atoms with Gasteiger partial charge >= 0.3 is 5.97 Å². The predicted octanol–water partition coefficient (Wildman–Crippen LogP) is 5.85. The number of amides is 1. The molecule has 42 heavy (non-hydrogen) atoms. The third-order valence-corrected chi connectivity index (χ3v) is 6.83. The second-order valence-corrected chi connectivity index (χ2v) is 9.89. The van der Waals surface area contributed by atoms with Crippen molar-refractivity contribution in [2.45, 2.75) is 31.7 Å². The van der Waals surface area contributed by atoms with Crippen molar-refractivity contribution >= 4 is 23.3 Å². The summed E-state index contributed by atoms with van der Waals surface area (Å²) in [6.07, 6.45) is 0.772. The number of ether oxygens (including phenoxy) is 1. The lowest BCUT2D eigenvalue weighted by Crippen LogP contribution is -2.32. The molecule has 0 heterocycles. The Hall–Kier alpha value is -4.98. The quantitative estimate of drug-likeness (QED) is 0.130. The standard InChI is InChI=1S/C34H33FN2O5/c1-23(26-11-7-12-27(35)22-26)33(39)36-19-8-20-42-28-17-15-24(16-18-28)21-31(34(40)41)37-30-14-6-5-13-29(30)32(38)25-9-3-2-4-10-25/h2-7,9-18,22-23,31,37H,8,19-21H2,1H3,(H,36,39)(H,40,41). The molecule has 2 atom stereocenters. The lowest BCUT2D eigenvalue weighted by atomic mass is 10.00. The van der Waals surface area contributed by atoms with Crippen LogP contribution in [0.5, 0.6) is 5.75 Å². The average molecular weight is 569 g/mol. The number of rotatable bonds is 14. The van der Waals surface area contributed by atoms with Gasteiger partial charge in [-0.15, -0.1) is 0 Å². The van der Waals surface area contributed by atoms with E-state index in [4.69, 9.17) is 4.74 Å². The van der Waals surface area contributed by atoms with Gasteiger partial charge in [0.05, 0.1) is 12.5 Å². The molecule has 0 aliphatic carbocycles. The van der Waals surface area contributed by atoms with Crippen molar-refractivity contribution in [2.75, 3.05) is 18.5 Å². The molecule has 0 aliphatic heterocycles. The van der Waals surface area contributed by atoms with Crippen molar-refractivity contribution in [3.8, 4) is 5.75 Å². The van der Waals surface area contributed by atoms with Crippen LogP contribution < -0.4 is 15.4 Å². The number of carboxylic acids is 1. The van der Waals surface area contributed by atoms with E-state index in [0.717, 1.165) is 5.56 Å². The van der Waals surface area contributed by atoms with E-state index in [2.05, 4.69) is 10.6 Å². The Labute approximate surface area is 244 Å². The number of aliphatic carboxylic acids is 1. The van der Waals surface area contributed by atoms with Crippen molar-refractivity contribution in [1.29, 1.82) is 0 Å². The van der Waals surface area contributed by atoms with Gasteiger partial charge < -0.3 is 20.5 Å². The van der Waals surface area contributed by atoms with Crippen molar-refractivity contribution < 1.29 is 28.6 Å². The van der Waals surface area contributed by atoms with Crippen LogP contribution in [0, 0.1) is 5.82 Å². The molecule has 4 aromatic rings. The fourth-order valence-electron chi connectivity index (χ4n) is 4.45. The fraction of sp³-hybridized carbons (Fsp3) is 0.206. The van der Waals surface area contributed by atoms with Gasteiger partial charge in [-0.1, -0.05) is 66.7 Å². The first-order valence-corrected chi connectivity index (χ1v) is 13.7. The molecule has 0 radical (unpaired) electrons. The SMILES string of the molecule is CC(C(=O)NCCCOc1ccc(CC(Nc2ccccc2C(=O)c2ccccc2)C(=O)O)cc1)c1cccc(F)c1. The zero-order valence-electron chi connectivity index (χ0n) is 23.3. The van der Waals surface area contributed by atoms with Crippen molar-refractivity contribution in [3.63, 3.8) is 0 Å². The van der Waals surface area contributed by atoms with Crippen LogP contribution in [0.1, 0.15) is 46.3 Å². The first-order valence-electron chi connectivity index (χ1n) is 13.7. The van der Waals surface area contributed by atoms with E-state index in [9.17, 15) is 23.9 Å². The zero-order chi connectivity index (χ0) is 29.9. The van der Waals surface area contributed by atoms with E-state index in [0.29, 0.717) is 47.7 Å². The summed E-state index contributed by atoms with van der Waals surface area (Å²) in [6, 6.07) is 27.9. The summed E-state index contributed by atoms with van der Waals surface area (Å²) in [5, 5.41) is 15.8. The van der Waals surface area contributed by atoms with Crippen LogP contribution in [0.4, 0.5) is 10.1 Å². The number of ketones is 1. The van der Waals surface area contributed by atoms with E-state index in [1.165, 1.54) is 12.1 Å². The molecule has 1 amide bonds. The summed E-state index contributed by atoms with van der Waals surface area (Å²) < 4.78 is 19.2. The summed E-state index contributed by atoms with van der Waals surface area (Å²) in [7, 11) is 0. The smallest absolute Gasteiger partial charge is 0.326 e. The first kappa shape index (κ1) is 30.0. The molecule has 4 aromatic carbocycles. The maximum atomic E-state index is 13.4. The Morgan fingerprint density at radius 1 is 0.881 bits per heavy atom. The molecule has 216 valence electrons. The number of hydrogen-bond acceptors (Lipinski definition) is 5. The summed E-state index contributed by atoms with van der Waals surface area (Å²) in [5.74, 6) is -1.62. The van der Waals surface area contributed by atoms with Gasteiger partial charge in [-0.2, -0.15) is 0 Å². The number of carboxylic acid groups (broad SMARTS) is 1. The minimum absolute atomic E-state index is 0.182. The highest BCUT2D eigenvalue weighted by Gasteiger charge is 2.21. The van der Waals surface area contributed by atoms with Gasteiger partial charge in [0.1, 0.15) is 17.6 Å². The molecule has 0 bridgehead atoms. The summed E-state index contributed by atoms with van der Waals surface area (Å²) in [6.45, 7) is 2.52. The second kappa shape index (κ2) is 14.6. The highest BCUT2D eigenvalue weighted by atomic mass is 19.1. The minimum Gasteiger partial charge on any atom is -0.494 e. The number of para-hydroxylation sites is 1. The Balaban J connectivity index is 1.27. The van der Waals surface area contributed by atoms with Crippen molar-refractivity contribution in [2.24, 2.45) is 0 Å². The molecule has 0 saturated heterocycles. The van der Waals surface area contributed by atoms with Crippen LogP contribution in [0.2, 0.25) is 0 Å². The van der Waals surface area contributed by atoms with Gasteiger partial charge in [0, 0.05) is 29.8 Å². The Kier molecular flexibility index (Phi) is 10.4. The van der Waals surface area contributed by atoms with Crippen LogP contribution in [-0.2, 0) is 16.0 Å². The molecular weight excluding hydrogens is 535 g/mol. The molecule has 7 nitrogen and oxygen atoms in total. The van der Waals surface area contributed by atoms with Gasteiger partial charge in [-0.25, -0.2) is 9.18 Å². The normalized spacial score (nSPS) is 12.1. The first-order chi connectivity index (χ1) is 20.3. The number of benzene rings is 4. The minimum atomic E-state index is -1.04. The van der Waals surface area contributed by atoms with E-state index >= 15 is 0 Å². The molecular formula is C34H33FN2O5. The number of anilines is 1. The van der Waals surface area contributed by atoms with Gasteiger partial charge in [0.15, 0.2) is 5.78 Å². The Morgan fingerprint density at radius 2 is 1.60 bits per heavy atom. The lowest BCUT2D eigenvalue weighted by molar-refractivity contribution is -0.137. The van der Waals surface area contributed by atoms with Gasteiger partial charge in [-0.3, -0.25) is 9.59 Å². The van der Waals surface area contributed by atoms with Gasteiger partial charge in [0.25, 0.3) is 0 Å². The molecule has 0 saturated carbocycles. The lowest BCUT2D eigenvalue weighted by Gasteiger charge is -2.18. The van der Waals surface area contributed by atoms with Gasteiger partial charge in [-0.05, 0) is 60.9 Å². The summed E-state index contributed by atoms with van der Waals surface area (Å²) >= 11 is 0. The van der Waals surface area contributed by atoms with Crippen LogP contribution in [-0.4, -0.2) is 42.0 Å². The van der Waals surface area contributed by atoms with E-state index in [1.54, 1.807) is 91.9 Å². The number of halogens is 1. The number of hydrogen-bond donors (Lipinski definition) is 3. The Bertz CT molecular complexity index is 1510. The van der Waals surface area contributed by atoms with Crippen molar-refractivity contribution in [1.82, 2.24) is 5.32 Å². The molecule has 2 unspecified atom stereocenters. The maximum Gasteiger partial charge on any atom is 0.326 e. The largest absolute Gasteiger partial charge is 0.494 e. The second-order valence-electron chi connectivity index (χ2n) is 9.89. The van der Waals surface area contributed by atoms with E-state index < -0.39 is 17.9 Å². The third kappa shape index (κ3) is 8.27. The molecule has 8 heteroatoms. The monoisotopic (exact) mass is 568 g/mol. The molecule has 3 N–H and O–H groups in total. The molecule has 0 fully saturated rings. The molecule has 0 aromatic heterocycles. The third-order valence-electron chi connectivity index (χ3n) is 6.83. The Morgan fingerprint density at radius 3 is 2.31 bits per heavy atom. The van der Waals surface area contributed by atoms with Crippen LogP contribution in [0.25, 0.3) is 0 Å². The number of nitrogens with one attached hydrogen (secondary N) is 2.